The third kappa shape index (κ3) is 5.83. The van der Waals surface area contributed by atoms with Gasteiger partial charge in [-0.15, -0.1) is 0 Å². The highest BCUT2D eigenvalue weighted by atomic mass is 16.7. The molecule has 0 aromatic heterocycles. The highest BCUT2D eigenvalue weighted by molar-refractivity contribution is 5.97. The van der Waals surface area contributed by atoms with E-state index in [1.54, 1.807) is 18.2 Å². The average Bonchev–Trinajstić information content (AvgIpc) is 2.76. The number of fused-ring (bicyclic) bond motifs is 1. The minimum Gasteiger partial charge on any atom is -0.507 e. The van der Waals surface area contributed by atoms with Crippen molar-refractivity contribution in [3.8, 4) is 23.0 Å². The van der Waals surface area contributed by atoms with Crippen LogP contribution in [0.25, 0.3) is 0 Å². The van der Waals surface area contributed by atoms with E-state index in [1.807, 2.05) is 6.92 Å². The standard InChI is InChI=1S/C25H28O8/c1-4-5-6-24(31-17-8-9-18(14(2)26)20(28)12-17)33-23-13-22-16(11-19(23)15(3)27)7-10-21(32-22)25(29)30/h8-9,11-13,21,24,28H,4-7,10H2,1-3H3,(H,29,30). The fraction of sp³-hybridized carbons (Fsp3) is 0.400. The summed E-state index contributed by atoms with van der Waals surface area (Å²) in [6.07, 6.45) is 1.21. The van der Waals surface area contributed by atoms with Crippen LogP contribution in [0.2, 0.25) is 0 Å². The number of rotatable bonds is 10. The van der Waals surface area contributed by atoms with Crippen molar-refractivity contribution in [3.05, 3.63) is 47.0 Å². The van der Waals surface area contributed by atoms with Crippen molar-refractivity contribution in [1.29, 1.82) is 0 Å². The smallest absolute Gasteiger partial charge is 0.344 e. The van der Waals surface area contributed by atoms with Gasteiger partial charge in [0.25, 0.3) is 0 Å². The Hall–Kier alpha value is -3.55. The van der Waals surface area contributed by atoms with Gasteiger partial charge in [-0.25, -0.2) is 4.79 Å². The zero-order chi connectivity index (χ0) is 24.1. The molecule has 2 N–H and O–H groups in total. The fourth-order valence-corrected chi connectivity index (χ4v) is 3.64. The predicted molar refractivity (Wildman–Crippen MR) is 119 cm³/mol. The highest BCUT2D eigenvalue weighted by Gasteiger charge is 2.28. The SMILES string of the molecule is CCCCC(Oc1ccc(C(C)=O)c(O)c1)Oc1cc2c(cc1C(C)=O)CCC(C(=O)O)O2. The average molecular weight is 456 g/mol. The number of ether oxygens (including phenoxy) is 3. The molecule has 0 bridgehead atoms. The van der Waals surface area contributed by atoms with Crippen LogP contribution in [0.4, 0.5) is 0 Å². The highest BCUT2D eigenvalue weighted by Crippen LogP contribution is 2.36. The number of aliphatic carboxylic acids is 1. The molecule has 2 atom stereocenters. The van der Waals surface area contributed by atoms with Gasteiger partial charge < -0.3 is 24.4 Å². The molecule has 0 amide bonds. The number of phenols is 1. The molecule has 8 nitrogen and oxygen atoms in total. The number of hydrogen-bond acceptors (Lipinski definition) is 7. The lowest BCUT2D eigenvalue weighted by molar-refractivity contribution is -0.145. The summed E-state index contributed by atoms with van der Waals surface area (Å²) in [5.41, 5.74) is 1.29. The molecule has 1 heterocycles. The first-order valence-corrected chi connectivity index (χ1v) is 10.9. The van der Waals surface area contributed by atoms with Gasteiger partial charge in [-0.05, 0) is 56.9 Å². The predicted octanol–water partition coefficient (Wildman–Crippen LogP) is 4.55. The van der Waals surface area contributed by atoms with Crippen LogP contribution in [0.5, 0.6) is 23.0 Å². The molecule has 0 spiro atoms. The van der Waals surface area contributed by atoms with E-state index in [0.717, 1.165) is 18.4 Å². The van der Waals surface area contributed by atoms with E-state index in [-0.39, 0.29) is 28.6 Å². The lowest BCUT2D eigenvalue weighted by atomic mass is 9.98. The molecule has 2 aromatic carbocycles. The van der Waals surface area contributed by atoms with Gasteiger partial charge in [-0.2, -0.15) is 0 Å². The van der Waals surface area contributed by atoms with Gasteiger partial charge in [-0.1, -0.05) is 13.3 Å². The second-order valence-corrected chi connectivity index (χ2v) is 8.04. The summed E-state index contributed by atoms with van der Waals surface area (Å²) in [7, 11) is 0. The molecule has 2 unspecified atom stereocenters. The van der Waals surface area contributed by atoms with Gasteiger partial charge in [0.15, 0.2) is 17.7 Å². The molecule has 1 aliphatic rings. The summed E-state index contributed by atoms with van der Waals surface area (Å²) in [6.45, 7) is 4.81. The Bertz CT molecular complexity index is 1060. The molecule has 0 aliphatic carbocycles. The molecule has 33 heavy (non-hydrogen) atoms. The van der Waals surface area contributed by atoms with E-state index in [9.17, 15) is 24.6 Å². The Labute approximate surface area is 192 Å². The van der Waals surface area contributed by atoms with Gasteiger partial charge in [-0.3, -0.25) is 9.59 Å². The lowest BCUT2D eigenvalue weighted by Crippen LogP contribution is -2.31. The number of carbonyl (C=O) groups is 3. The first-order valence-electron chi connectivity index (χ1n) is 10.9. The molecule has 0 saturated heterocycles. The van der Waals surface area contributed by atoms with E-state index in [2.05, 4.69) is 0 Å². The molecule has 8 heteroatoms. The molecule has 176 valence electrons. The van der Waals surface area contributed by atoms with Crippen LogP contribution < -0.4 is 14.2 Å². The van der Waals surface area contributed by atoms with Crippen molar-refractivity contribution in [2.75, 3.05) is 0 Å². The summed E-state index contributed by atoms with van der Waals surface area (Å²) in [4.78, 5) is 35.2. The number of phenolic OH excluding ortho intramolecular Hbond substituents is 1. The maximum Gasteiger partial charge on any atom is 0.344 e. The summed E-state index contributed by atoms with van der Waals surface area (Å²) < 4.78 is 17.6. The largest absolute Gasteiger partial charge is 0.507 e. The first kappa shape index (κ1) is 24.1. The Morgan fingerprint density at radius 2 is 1.82 bits per heavy atom. The molecule has 2 aromatic rings. The molecular weight excluding hydrogens is 428 g/mol. The zero-order valence-corrected chi connectivity index (χ0v) is 18.9. The number of unbranched alkanes of at least 4 members (excludes halogenated alkanes) is 1. The maximum atomic E-state index is 12.3. The van der Waals surface area contributed by atoms with E-state index in [4.69, 9.17) is 14.2 Å². The summed E-state index contributed by atoms with van der Waals surface area (Å²) in [5, 5.41) is 19.4. The summed E-state index contributed by atoms with van der Waals surface area (Å²) >= 11 is 0. The van der Waals surface area contributed by atoms with Gasteiger partial charge in [0.1, 0.15) is 23.0 Å². The summed E-state index contributed by atoms with van der Waals surface area (Å²) in [5.74, 6) is -0.798. The normalized spacial score (nSPS) is 15.7. The van der Waals surface area contributed by atoms with Gasteiger partial charge in [0.05, 0.1) is 11.1 Å². The van der Waals surface area contributed by atoms with Gasteiger partial charge in [0.2, 0.25) is 6.29 Å². The van der Waals surface area contributed by atoms with Crippen LogP contribution in [0, 0.1) is 0 Å². The van der Waals surface area contributed by atoms with E-state index in [1.165, 1.54) is 26.0 Å². The van der Waals surface area contributed by atoms with Crippen molar-refractivity contribution in [2.24, 2.45) is 0 Å². The van der Waals surface area contributed by atoms with Crippen LogP contribution in [0.15, 0.2) is 30.3 Å². The minimum atomic E-state index is -1.04. The number of ketones is 2. The number of carboxylic acid groups (broad SMARTS) is 1. The minimum absolute atomic E-state index is 0.187. The fourth-order valence-electron chi connectivity index (χ4n) is 3.64. The monoisotopic (exact) mass is 456 g/mol. The van der Waals surface area contributed by atoms with Crippen LogP contribution in [-0.4, -0.2) is 40.1 Å². The number of benzene rings is 2. The maximum absolute atomic E-state index is 12.3. The van der Waals surface area contributed by atoms with E-state index >= 15 is 0 Å². The number of Topliss-reactive ketones (excluding diaryl/α,β-unsaturated/α-hetero) is 2. The Morgan fingerprint density at radius 1 is 1.09 bits per heavy atom. The Morgan fingerprint density at radius 3 is 2.42 bits per heavy atom. The van der Waals surface area contributed by atoms with E-state index < -0.39 is 18.4 Å². The van der Waals surface area contributed by atoms with Crippen molar-refractivity contribution < 1.29 is 38.8 Å². The van der Waals surface area contributed by atoms with E-state index in [0.29, 0.717) is 36.3 Å². The van der Waals surface area contributed by atoms with Crippen molar-refractivity contribution in [1.82, 2.24) is 0 Å². The Kier molecular flexibility index (Phi) is 7.58. The topological polar surface area (TPSA) is 119 Å². The number of hydrogen-bond donors (Lipinski definition) is 2. The van der Waals surface area contributed by atoms with Gasteiger partial charge in [0, 0.05) is 18.6 Å². The van der Waals surface area contributed by atoms with Crippen LogP contribution >= 0.6 is 0 Å². The molecular formula is C25H28O8. The molecule has 0 saturated carbocycles. The number of carboxylic acids is 1. The molecule has 0 radical (unpaired) electrons. The quantitative estimate of drug-likeness (QED) is 0.395. The third-order valence-corrected chi connectivity index (χ3v) is 5.43. The Balaban J connectivity index is 1.89. The van der Waals surface area contributed by atoms with Crippen molar-refractivity contribution >= 4 is 17.5 Å². The second kappa shape index (κ2) is 10.4. The zero-order valence-electron chi connectivity index (χ0n) is 18.9. The summed E-state index contributed by atoms with van der Waals surface area (Å²) in [6, 6.07) is 7.61. The second-order valence-electron chi connectivity index (χ2n) is 8.04. The first-order chi connectivity index (χ1) is 15.7. The van der Waals surface area contributed by atoms with Crippen LogP contribution in [-0.2, 0) is 11.2 Å². The third-order valence-electron chi connectivity index (χ3n) is 5.43. The molecule has 3 rings (SSSR count). The van der Waals surface area contributed by atoms with Crippen LogP contribution in [0.1, 0.15) is 72.7 Å². The number of aromatic hydroxyl groups is 1. The molecule has 1 aliphatic heterocycles. The van der Waals surface area contributed by atoms with Gasteiger partial charge >= 0.3 is 5.97 Å². The van der Waals surface area contributed by atoms with Crippen molar-refractivity contribution in [3.63, 3.8) is 0 Å². The molecule has 0 fully saturated rings. The number of carbonyl (C=O) groups excluding carboxylic acids is 2. The number of aryl methyl sites for hydroxylation is 1. The van der Waals surface area contributed by atoms with Crippen molar-refractivity contribution in [2.45, 2.75) is 65.3 Å². The lowest BCUT2D eigenvalue weighted by Gasteiger charge is -2.26. The van der Waals surface area contributed by atoms with Crippen LogP contribution in [0.3, 0.4) is 0 Å².